The zero-order chi connectivity index (χ0) is 16.1. The molecule has 1 aromatic carbocycles. The lowest BCUT2D eigenvalue weighted by Crippen LogP contribution is -2.39. The Bertz CT molecular complexity index is 524. The largest absolute Gasteiger partial charge is 0.356 e. The standard InChI is InChI=1S/C16H23Cl2N3O/c1-21-13(4-5-14(21)10-19)9-16(22)20-7-6-11-2-3-12(17)8-15(11)18/h2-3,8,13-14H,4-7,9-10,19H2,1H3,(H,20,22)/t13-,14+/m0/s1. The zero-order valence-electron chi connectivity index (χ0n) is 12.8. The summed E-state index contributed by atoms with van der Waals surface area (Å²) >= 11 is 12.0. The summed E-state index contributed by atoms with van der Waals surface area (Å²) < 4.78 is 0. The maximum absolute atomic E-state index is 12.0. The number of amides is 1. The Morgan fingerprint density at radius 2 is 2.09 bits per heavy atom. The fraction of sp³-hybridized carbons (Fsp3) is 0.562. The maximum atomic E-state index is 12.0. The molecule has 0 saturated carbocycles. The van der Waals surface area contributed by atoms with Crippen LogP contribution in [0, 0.1) is 0 Å². The van der Waals surface area contributed by atoms with Gasteiger partial charge in [0.2, 0.25) is 5.91 Å². The van der Waals surface area contributed by atoms with Gasteiger partial charge in [-0.25, -0.2) is 0 Å². The minimum atomic E-state index is 0.0830. The predicted octanol–water partition coefficient (Wildman–Crippen LogP) is 2.46. The summed E-state index contributed by atoms with van der Waals surface area (Å²) in [4.78, 5) is 14.3. The van der Waals surface area contributed by atoms with E-state index in [0.717, 1.165) is 18.4 Å². The third kappa shape index (κ3) is 4.59. The molecule has 0 aromatic heterocycles. The number of nitrogens with one attached hydrogen (secondary N) is 1. The van der Waals surface area contributed by atoms with Crippen molar-refractivity contribution >= 4 is 29.1 Å². The smallest absolute Gasteiger partial charge is 0.221 e. The fourth-order valence-corrected chi connectivity index (χ4v) is 3.47. The van der Waals surface area contributed by atoms with Crippen LogP contribution in [-0.4, -0.2) is 43.0 Å². The molecule has 2 atom stereocenters. The van der Waals surface area contributed by atoms with E-state index in [9.17, 15) is 4.79 Å². The monoisotopic (exact) mass is 343 g/mol. The molecule has 1 aromatic rings. The molecule has 1 saturated heterocycles. The highest BCUT2D eigenvalue weighted by Gasteiger charge is 2.30. The van der Waals surface area contributed by atoms with Gasteiger partial charge in [-0.2, -0.15) is 0 Å². The summed E-state index contributed by atoms with van der Waals surface area (Å²) in [6.45, 7) is 1.24. The minimum Gasteiger partial charge on any atom is -0.356 e. The summed E-state index contributed by atoms with van der Waals surface area (Å²) in [5, 5.41) is 4.23. The summed E-state index contributed by atoms with van der Waals surface area (Å²) in [5.74, 6) is 0.0830. The Labute approximate surface area is 141 Å². The average molecular weight is 344 g/mol. The van der Waals surface area contributed by atoms with Gasteiger partial charge >= 0.3 is 0 Å². The van der Waals surface area contributed by atoms with E-state index in [1.54, 1.807) is 6.07 Å². The van der Waals surface area contributed by atoms with Gasteiger partial charge in [0.15, 0.2) is 0 Å². The number of halogens is 2. The van der Waals surface area contributed by atoms with Crippen LogP contribution < -0.4 is 11.1 Å². The van der Waals surface area contributed by atoms with E-state index < -0.39 is 0 Å². The second-order valence-corrected chi connectivity index (χ2v) is 6.67. The SMILES string of the molecule is CN1[C@@H](CN)CC[C@H]1CC(=O)NCCc1ccc(Cl)cc1Cl. The third-order valence-corrected chi connectivity index (χ3v) is 5.00. The lowest BCUT2D eigenvalue weighted by Gasteiger charge is -2.24. The van der Waals surface area contributed by atoms with Crippen LogP contribution >= 0.6 is 23.2 Å². The van der Waals surface area contributed by atoms with E-state index in [4.69, 9.17) is 28.9 Å². The van der Waals surface area contributed by atoms with E-state index in [0.29, 0.717) is 48.1 Å². The Hall–Kier alpha value is -0.810. The first-order chi connectivity index (χ1) is 10.5. The number of likely N-dealkylation sites (tertiary alicyclic amines) is 1. The first-order valence-electron chi connectivity index (χ1n) is 7.64. The van der Waals surface area contributed by atoms with Gasteiger partial charge in [0.1, 0.15) is 0 Å². The van der Waals surface area contributed by atoms with Crippen molar-refractivity contribution in [2.75, 3.05) is 20.1 Å². The molecule has 0 aliphatic carbocycles. The summed E-state index contributed by atoms with van der Waals surface area (Å²) in [7, 11) is 2.05. The Kier molecular flexibility index (Phi) is 6.50. The molecular formula is C16H23Cl2N3O. The van der Waals surface area contributed by atoms with Crippen molar-refractivity contribution in [3.8, 4) is 0 Å². The maximum Gasteiger partial charge on any atom is 0.221 e. The highest BCUT2D eigenvalue weighted by Crippen LogP contribution is 2.24. The zero-order valence-corrected chi connectivity index (χ0v) is 14.3. The van der Waals surface area contributed by atoms with Gasteiger partial charge in [0, 0.05) is 41.6 Å². The van der Waals surface area contributed by atoms with Crippen LogP contribution in [0.1, 0.15) is 24.8 Å². The molecule has 0 unspecified atom stereocenters. The molecule has 1 fully saturated rings. The van der Waals surface area contributed by atoms with Gasteiger partial charge in [0.25, 0.3) is 0 Å². The van der Waals surface area contributed by atoms with Crippen LogP contribution in [0.25, 0.3) is 0 Å². The van der Waals surface area contributed by atoms with E-state index >= 15 is 0 Å². The van der Waals surface area contributed by atoms with Gasteiger partial charge < -0.3 is 11.1 Å². The highest BCUT2D eigenvalue weighted by molar-refractivity contribution is 6.35. The number of nitrogens with two attached hydrogens (primary N) is 1. The van der Waals surface area contributed by atoms with Gasteiger partial charge in [-0.15, -0.1) is 0 Å². The molecule has 0 spiro atoms. The molecule has 22 heavy (non-hydrogen) atoms. The number of likely N-dealkylation sites (N-methyl/N-ethyl adjacent to an activating group) is 1. The highest BCUT2D eigenvalue weighted by atomic mass is 35.5. The Morgan fingerprint density at radius 1 is 1.36 bits per heavy atom. The van der Waals surface area contributed by atoms with Crippen molar-refractivity contribution in [1.82, 2.24) is 10.2 Å². The number of nitrogens with zero attached hydrogens (tertiary/aromatic N) is 1. The topological polar surface area (TPSA) is 58.4 Å². The summed E-state index contributed by atoms with van der Waals surface area (Å²) in [5.41, 5.74) is 6.72. The fourth-order valence-electron chi connectivity index (χ4n) is 2.97. The Morgan fingerprint density at radius 3 is 2.73 bits per heavy atom. The molecule has 4 nitrogen and oxygen atoms in total. The predicted molar refractivity (Wildman–Crippen MR) is 91.4 cm³/mol. The van der Waals surface area contributed by atoms with Crippen LogP contribution in [0.5, 0.6) is 0 Å². The number of carbonyl (C=O) groups is 1. The van der Waals surface area contributed by atoms with Crippen molar-refractivity contribution in [2.24, 2.45) is 5.73 Å². The van der Waals surface area contributed by atoms with E-state index in [1.165, 1.54) is 0 Å². The molecule has 122 valence electrons. The van der Waals surface area contributed by atoms with Crippen molar-refractivity contribution < 1.29 is 4.79 Å². The van der Waals surface area contributed by atoms with Crippen molar-refractivity contribution in [2.45, 2.75) is 37.8 Å². The molecular weight excluding hydrogens is 321 g/mol. The molecule has 0 bridgehead atoms. The van der Waals surface area contributed by atoms with Crippen LogP contribution in [0.4, 0.5) is 0 Å². The summed E-state index contributed by atoms with van der Waals surface area (Å²) in [6, 6.07) is 6.14. The normalized spacial score (nSPS) is 22.0. The van der Waals surface area contributed by atoms with E-state index in [1.807, 2.05) is 12.1 Å². The van der Waals surface area contributed by atoms with Gasteiger partial charge in [-0.1, -0.05) is 29.3 Å². The summed E-state index contributed by atoms with van der Waals surface area (Å²) in [6.07, 6.45) is 3.34. The number of rotatable bonds is 6. The lowest BCUT2D eigenvalue weighted by molar-refractivity contribution is -0.122. The molecule has 3 N–H and O–H groups in total. The molecule has 1 aliphatic rings. The van der Waals surface area contributed by atoms with Crippen LogP contribution in [0.15, 0.2) is 18.2 Å². The molecule has 6 heteroatoms. The number of carbonyl (C=O) groups excluding carboxylic acids is 1. The van der Waals surface area contributed by atoms with Gasteiger partial charge in [0.05, 0.1) is 0 Å². The van der Waals surface area contributed by atoms with Crippen LogP contribution in [0.3, 0.4) is 0 Å². The van der Waals surface area contributed by atoms with E-state index in [-0.39, 0.29) is 5.91 Å². The van der Waals surface area contributed by atoms with Crippen molar-refractivity contribution in [3.63, 3.8) is 0 Å². The first-order valence-corrected chi connectivity index (χ1v) is 8.39. The molecule has 1 aliphatic heterocycles. The molecule has 1 heterocycles. The quantitative estimate of drug-likeness (QED) is 0.834. The van der Waals surface area contributed by atoms with Gasteiger partial charge in [-0.3, -0.25) is 9.69 Å². The van der Waals surface area contributed by atoms with Crippen molar-refractivity contribution in [1.29, 1.82) is 0 Å². The lowest BCUT2D eigenvalue weighted by atomic mass is 10.1. The first kappa shape index (κ1) is 17.5. The average Bonchev–Trinajstić information content (AvgIpc) is 2.82. The number of hydrogen-bond acceptors (Lipinski definition) is 3. The number of hydrogen-bond donors (Lipinski definition) is 2. The van der Waals surface area contributed by atoms with Crippen LogP contribution in [0.2, 0.25) is 10.0 Å². The minimum absolute atomic E-state index is 0.0830. The van der Waals surface area contributed by atoms with E-state index in [2.05, 4.69) is 17.3 Å². The molecule has 2 rings (SSSR count). The van der Waals surface area contributed by atoms with Crippen molar-refractivity contribution in [3.05, 3.63) is 33.8 Å². The second kappa shape index (κ2) is 8.16. The third-order valence-electron chi connectivity index (χ3n) is 4.41. The second-order valence-electron chi connectivity index (χ2n) is 5.83. The van der Waals surface area contributed by atoms with Gasteiger partial charge in [-0.05, 0) is 44.0 Å². The van der Waals surface area contributed by atoms with Crippen LogP contribution in [-0.2, 0) is 11.2 Å². The number of benzene rings is 1. The molecule has 0 radical (unpaired) electrons. The Balaban J connectivity index is 1.74. The molecule has 1 amide bonds.